The molecule has 1 heterocycles. The Labute approximate surface area is 135 Å². The second kappa shape index (κ2) is 5.87. The van der Waals surface area contributed by atoms with Crippen LogP contribution in [0.3, 0.4) is 0 Å². The quantitative estimate of drug-likeness (QED) is 0.666. The second-order valence-corrected chi connectivity index (χ2v) is 7.25. The zero-order valence-corrected chi connectivity index (χ0v) is 14.1. The van der Waals surface area contributed by atoms with Crippen LogP contribution in [0.15, 0.2) is 58.3 Å². The van der Waals surface area contributed by atoms with Gasteiger partial charge < -0.3 is 0 Å². The Bertz CT molecular complexity index is 827. The predicted octanol–water partition coefficient (Wildman–Crippen LogP) is 5.07. The van der Waals surface area contributed by atoms with Gasteiger partial charge in [0, 0.05) is 16.0 Å². The van der Waals surface area contributed by atoms with Gasteiger partial charge in [0.05, 0.1) is 10.4 Å². The van der Waals surface area contributed by atoms with E-state index in [1.165, 1.54) is 11.0 Å². The van der Waals surface area contributed by atoms with Gasteiger partial charge in [-0.1, -0.05) is 18.2 Å². The van der Waals surface area contributed by atoms with Crippen molar-refractivity contribution in [3.05, 3.63) is 59.8 Å². The molecule has 0 aliphatic carbocycles. The maximum absolute atomic E-state index is 12.9. The second-order valence-electron chi connectivity index (χ2n) is 4.82. The predicted molar refractivity (Wildman–Crippen MR) is 91.4 cm³/mol. The summed E-state index contributed by atoms with van der Waals surface area (Å²) in [5.41, 5.74) is 3.13. The minimum atomic E-state index is -1.24. The van der Waals surface area contributed by atoms with Crippen LogP contribution in [0.2, 0.25) is 0 Å². The van der Waals surface area contributed by atoms with Gasteiger partial charge in [-0.05, 0) is 71.4 Å². The van der Waals surface area contributed by atoms with Crippen LogP contribution in [0, 0.1) is 13.8 Å². The molecule has 5 heteroatoms. The highest BCUT2D eigenvalue weighted by atomic mass is 35.7. The molecule has 0 saturated carbocycles. The summed E-state index contributed by atoms with van der Waals surface area (Å²) in [6.45, 7) is 4.06. The number of aryl methyl sites for hydroxylation is 1. The first-order valence-electron chi connectivity index (χ1n) is 6.51. The number of hydrogen-bond donors (Lipinski definition) is 0. The van der Waals surface area contributed by atoms with Crippen LogP contribution < -0.4 is 0 Å². The van der Waals surface area contributed by atoms with E-state index in [9.17, 15) is 4.21 Å². The van der Waals surface area contributed by atoms with Crippen molar-refractivity contribution in [2.75, 3.05) is 0 Å². The largest absolute Gasteiger partial charge is 0.259 e. The number of benzene rings is 2. The summed E-state index contributed by atoms with van der Waals surface area (Å²) in [5.74, 6) is 0. The van der Waals surface area contributed by atoms with Crippen LogP contribution in [-0.2, 0) is 11.0 Å². The maximum atomic E-state index is 12.9. The molecule has 0 bridgehead atoms. The van der Waals surface area contributed by atoms with Gasteiger partial charge in [-0.15, -0.1) is 0 Å². The third kappa shape index (κ3) is 2.52. The molecule has 0 spiro atoms. The maximum Gasteiger partial charge on any atom is 0.157 e. The van der Waals surface area contributed by atoms with E-state index in [2.05, 4.69) is 6.92 Å². The van der Waals surface area contributed by atoms with E-state index < -0.39 is 11.0 Å². The Balaban J connectivity index is 2.24. The lowest BCUT2D eigenvalue weighted by Gasteiger charge is -2.08. The molecular weight excluding hydrogens is 322 g/mol. The fraction of sp³-hybridized carbons (Fsp3) is 0.125. The zero-order valence-electron chi connectivity index (χ0n) is 11.7. The van der Waals surface area contributed by atoms with Crippen molar-refractivity contribution in [1.82, 2.24) is 3.97 Å². The van der Waals surface area contributed by atoms with Gasteiger partial charge in [-0.25, -0.2) is 4.21 Å². The van der Waals surface area contributed by atoms with Crippen molar-refractivity contribution in [1.29, 1.82) is 0 Å². The van der Waals surface area contributed by atoms with Crippen molar-refractivity contribution >= 4 is 43.5 Å². The number of aromatic nitrogens is 1. The van der Waals surface area contributed by atoms with Gasteiger partial charge in [-0.2, -0.15) is 0 Å². The molecule has 2 aromatic carbocycles. The number of halogens is 1. The summed E-state index contributed by atoms with van der Waals surface area (Å²) >= 11 is 0. The first-order chi connectivity index (χ1) is 10.1. The Morgan fingerprint density at radius 1 is 1.10 bits per heavy atom. The standard InChI is InChI=1S/C16H14ClNOS2/c1-11-12(2)18(21(19)14-6-4-3-5-7-14)16-9-8-13(20-17)10-15(11)16/h3-10H,1-2H3. The Kier molecular flexibility index (Phi) is 4.11. The summed E-state index contributed by atoms with van der Waals surface area (Å²) in [7, 11) is 5.79. The first kappa shape index (κ1) is 14.7. The van der Waals surface area contributed by atoms with Crippen LogP contribution in [-0.4, -0.2) is 8.18 Å². The number of fused-ring (bicyclic) bond motifs is 1. The van der Waals surface area contributed by atoms with Crippen LogP contribution in [0.1, 0.15) is 11.3 Å². The van der Waals surface area contributed by atoms with Gasteiger partial charge in [0.25, 0.3) is 0 Å². The normalized spacial score (nSPS) is 12.7. The van der Waals surface area contributed by atoms with Gasteiger partial charge in [0.2, 0.25) is 0 Å². The smallest absolute Gasteiger partial charge is 0.157 e. The highest BCUT2D eigenvalue weighted by Crippen LogP contribution is 2.32. The minimum Gasteiger partial charge on any atom is -0.259 e. The van der Waals surface area contributed by atoms with E-state index in [1.807, 2.05) is 59.4 Å². The van der Waals surface area contributed by atoms with Crippen molar-refractivity contribution in [2.24, 2.45) is 0 Å². The molecule has 3 rings (SSSR count). The van der Waals surface area contributed by atoms with E-state index in [0.717, 1.165) is 32.0 Å². The summed E-state index contributed by atoms with van der Waals surface area (Å²) in [6, 6.07) is 15.5. The third-order valence-corrected chi connectivity index (χ3v) is 6.08. The lowest BCUT2D eigenvalue weighted by atomic mass is 10.2. The van der Waals surface area contributed by atoms with Crippen LogP contribution >= 0.6 is 21.7 Å². The van der Waals surface area contributed by atoms with E-state index in [1.54, 1.807) is 0 Å². The zero-order chi connectivity index (χ0) is 15.0. The molecule has 0 amide bonds. The van der Waals surface area contributed by atoms with Gasteiger partial charge in [0.15, 0.2) is 11.0 Å². The first-order valence-corrected chi connectivity index (χ1v) is 9.26. The third-order valence-electron chi connectivity index (χ3n) is 3.64. The summed E-state index contributed by atoms with van der Waals surface area (Å²) in [6.07, 6.45) is 0. The van der Waals surface area contributed by atoms with Crippen LogP contribution in [0.5, 0.6) is 0 Å². The van der Waals surface area contributed by atoms with Gasteiger partial charge >= 0.3 is 0 Å². The monoisotopic (exact) mass is 335 g/mol. The number of nitrogens with zero attached hydrogens (tertiary/aromatic N) is 1. The molecule has 0 aliphatic rings. The van der Waals surface area contributed by atoms with Gasteiger partial charge in [0.1, 0.15) is 0 Å². The van der Waals surface area contributed by atoms with Crippen molar-refractivity contribution in [3.63, 3.8) is 0 Å². The Morgan fingerprint density at radius 3 is 2.48 bits per heavy atom. The van der Waals surface area contributed by atoms with E-state index >= 15 is 0 Å². The minimum absolute atomic E-state index is 0.799. The molecule has 2 nitrogen and oxygen atoms in total. The molecule has 21 heavy (non-hydrogen) atoms. The molecular formula is C16H14ClNOS2. The van der Waals surface area contributed by atoms with E-state index in [4.69, 9.17) is 10.7 Å². The molecule has 1 atom stereocenters. The SMILES string of the molecule is Cc1c(C)n(S(=O)c2ccccc2)c2ccc(SCl)cc12. The van der Waals surface area contributed by atoms with Crippen molar-refractivity contribution in [2.45, 2.75) is 23.6 Å². The molecule has 0 saturated heterocycles. The van der Waals surface area contributed by atoms with E-state index in [-0.39, 0.29) is 0 Å². The number of hydrogen-bond acceptors (Lipinski definition) is 2. The van der Waals surface area contributed by atoms with Crippen molar-refractivity contribution < 1.29 is 4.21 Å². The highest BCUT2D eigenvalue weighted by Gasteiger charge is 2.17. The number of rotatable bonds is 3. The van der Waals surface area contributed by atoms with Crippen LogP contribution in [0.25, 0.3) is 10.9 Å². The summed E-state index contributed by atoms with van der Waals surface area (Å²) in [5, 5.41) is 1.10. The fourth-order valence-electron chi connectivity index (χ4n) is 2.42. The summed E-state index contributed by atoms with van der Waals surface area (Å²) in [4.78, 5) is 1.79. The fourth-order valence-corrected chi connectivity index (χ4v) is 4.32. The molecule has 3 aromatic rings. The summed E-state index contributed by atoms with van der Waals surface area (Å²) < 4.78 is 14.8. The molecule has 0 N–H and O–H groups in total. The lowest BCUT2D eigenvalue weighted by Crippen LogP contribution is -2.06. The topological polar surface area (TPSA) is 22.0 Å². The van der Waals surface area contributed by atoms with Crippen LogP contribution in [0.4, 0.5) is 0 Å². The van der Waals surface area contributed by atoms with E-state index in [0.29, 0.717) is 0 Å². The molecule has 108 valence electrons. The average Bonchev–Trinajstić information content (AvgIpc) is 2.78. The molecule has 0 radical (unpaired) electrons. The Hall–Kier alpha value is -1.23. The lowest BCUT2D eigenvalue weighted by molar-refractivity contribution is 0.677. The molecule has 0 aliphatic heterocycles. The van der Waals surface area contributed by atoms with Crippen molar-refractivity contribution in [3.8, 4) is 0 Å². The molecule has 0 fully saturated rings. The Morgan fingerprint density at radius 2 is 1.81 bits per heavy atom. The highest BCUT2D eigenvalue weighted by molar-refractivity contribution is 8.21. The average molecular weight is 336 g/mol. The van der Waals surface area contributed by atoms with Gasteiger partial charge in [-0.3, -0.25) is 3.97 Å². The molecule has 1 unspecified atom stereocenters. The molecule has 1 aromatic heterocycles.